The van der Waals surface area contributed by atoms with Crippen molar-refractivity contribution < 1.29 is 28.1 Å². The third-order valence-corrected chi connectivity index (χ3v) is 7.37. The summed E-state index contributed by atoms with van der Waals surface area (Å²) in [6.07, 6.45) is 5.21. The van der Waals surface area contributed by atoms with Crippen LogP contribution in [0.2, 0.25) is 0 Å². The number of hydrogen-bond donors (Lipinski definition) is 2. The number of nitrogens with one attached hydrogen (secondary N) is 2. The number of benzene rings is 2. The quantitative estimate of drug-likeness (QED) is 0.533. The normalized spacial score (nSPS) is 15.7. The molecule has 9 nitrogen and oxygen atoms in total. The Morgan fingerprint density at radius 1 is 0.972 bits per heavy atom. The van der Waals surface area contributed by atoms with Crippen LogP contribution >= 0.6 is 0 Å². The van der Waals surface area contributed by atoms with Crippen LogP contribution < -0.4 is 25.0 Å². The number of aryl methyl sites for hydroxylation is 1. The summed E-state index contributed by atoms with van der Waals surface area (Å²) in [6.45, 7) is 1.81. The van der Waals surface area contributed by atoms with Gasteiger partial charge in [0, 0.05) is 34.3 Å². The van der Waals surface area contributed by atoms with Crippen LogP contribution in [0.5, 0.6) is 11.5 Å². The van der Waals surface area contributed by atoms with Gasteiger partial charge in [0.2, 0.25) is 24.5 Å². The molecule has 2 aromatic rings. The van der Waals surface area contributed by atoms with E-state index in [-0.39, 0.29) is 36.8 Å². The first-order chi connectivity index (χ1) is 17.4. The van der Waals surface area contributed by atoms with Gasteiger partial charge in [-0.1, -0.05) is 37.5 Å². The lowest BCUT2D eigenvalue weighted by Crippen LogP contribution is -2.46. The number of hydrogen-bond acceptors (Lipinski definition) is 6. The number of nitrogens with zero attached hydrogens (tertiary/aromatic N) is 1. The van der Waals surface area contributed by atoms with E-state index < -0.39 is 22.6 Å². The van der Waals surface area contributed by atoms with Crippen LogP contribution in [0, 0.1) is 6.92 Å². The highest BCUT2D eigenvalue weighted by molar-refractivity contribution is 7.86. The molecule has 0 radical (unpaired) electrons. The Hall–Kier alpha value is -3.40. The van der Waals surface area contributed by atoms with Gasteiger partial charge in [-0.15, -0.1) is 0 Å². The molecule has 2 N–H and O–H groups in total. The standard InChI is InChI=1S/C26H31N3O6S/c1-18-7-5-6-10-21(18)29(14-24(30)27-19-8-3-2-4-9-19)26(32)16-36(33)15-25(31)28-20-11-12-22-23(13-20)35-17-34-22/h5-7,10-13,19H,2-4,8-9,14-17H2,1H3,(H,27,30)(H,28,31)/t36-/m1/s1. The van der Waals surface area contributed by atoms with Crippen LogP contribution in [0.4, 0.5) is 11.4 Å². The summed E-state index contributed by atoms with van der Waals surface area (Å²) < 4.78 is 23.3. The summed E-state index contributed by atoms with van der Waals surface area (Å²) in [5, 5.41) is 5.70. The summed E-state index contributed by atoms with van der Waals surface area (Å²) >= 11 is 0. The van der Waals surface area contributed by atoms with E-state index in [1.54, 1.807) is 30.3 Å². The monoisotopic (exact) mass is 513 g/mol. The topological polar surface area (TPSA) is 114 Å². The zero-order valence-electron chi connectivity index (χ0n) is 20.3. The zero-order valence-corrected chi connectivity index (χ0v) is 21.1. The molecule has 0 aromatic heterocycles. The Bertz CT molecular complexity index is 1150. The largest absolute Gasteiger partial charge is 0.454 e. The third-order valence-electron chi connectivity index (χ3n) is 6.21. The summed E-state index contributed by atoms with van der Waals surface area (Å²) in [5.74, 6) is -0.828. The molecule has 4 rings (SSSR count). The first kappa shape index (κ1) is 25.7. The fourth-order valence-electron chi connectivity index (χ4n) is 4.42. The van der Waals surface area contributed by atoms with Crippen molar-refractivity contribution in [2.75, 3.05) is 35.1 Å². The van der Waals surface area contributed by atoms with E-state index in [2.05, 4.69) is 10.6 Å². The second-order valence-electron chi connectivity index (χ2n) is 9.01. The number of para-hydroxylation sites is 1. The Morgan fingerprint density at radius 2 is 1.72 bits per heavy atom. The van der Waals surface area contributed by atoms with Crippen molar-refractivity contribution in [1.29, 1.82) is 0 Å². The lowest BCUT2D eigenvalue weighted by atomic mass is 9.95. The van der Waals surface area contributed by atoms with Crippen LogP contribution in [0.25, 0.3) is 0 Å². The van der Waals surface area contributed by atoms with Crippen LogP contribution in [0.1, 0.15) is 37.7 Å². The van der Waals surface area contributed by atoms with E-state index >= 15 is 0 Å². The molecule has 1 saturated carbocycles. The predicted octanol–water partition coefficient (Wildman–Crippen LogP) is 2.89. The van der Waals surface area contributed by atoms with Gasteiger partial charge in [0.15, 0.2) is 11.5 Å². The van der Waals surface area contributed by atoms with E-state index in [1.807, 2.05) is 19.1 Å². The van der Waals surface area contributed by atoms with Gasteiger partial charge in [-0.3, -0.25) is 18.6 Å². The number of amides is 3. The zero-order chi connectivity index (χ0) is 25.5. The fraction of sp³-hybridized carbons (Fsp3) is 0.423. The van der Waals surface area contributed by atoms with E-state index in [0.717, 1.165) is 31.2 Å². The molecule has 0 unspecified atom stereocenters. The molecule has 2 aromatic carbocycles. The molecule has 1 aliphatic carbocycles. The predicted molar refractivity (Wildman–Crippen MR) is 138 cm³/mol. The van der Waals surface area contributed by atoms with Gasteiger partial charge in [0.25, 0.3) is 0 Å². The Morgan fingerprint density at radius 3 is 2.50 bits per heavy atom. The van der Waals surface area contributed by atoms with Gasteiger partial charge in [-0.2, -0.15) is 0 Å². The third kappa shape index (κ3) is 6.84. The molecule has 1 atom stereocenters. The minimum Gasteiger partial charge on any atom is -0.454 e. The summed E-state index contributed by atoms with van der Waals surface area (Å²) in [5.41, 5.74) is 1.89. The molecule has 2 aliphatic rings. The van der Waals surface area contributed by atoms with Gasteiger partial charge < -0.3 is 25.0 Å². The Kier molecular flexibility index (Phi) is 8.58. The highest BCUT2D eigenvalue weighted by Crippen LogP contribution is 2.34. The summed E-state index contributed by atoms with van der Waals surface area (Å²) in [4.78, 5) is 39.8. The average molecular weight is 514 g/mol. The first-order valence-corrected chi connectivity index (χ1v) is 13.6. The van der Waals surface area contributed by atoms with E-state index in [9.17, 15) is 18.6 Å². The molecular formula is C26H31N3O6S. The maximum Gasteiger partial charge on any atom is 0.240 e. The number of carbonyl (C=O) groups excluding carboxylic acids is 3. The van der Waals surface area contributed by atoms with Crippen molar-refractivity contribution in [3.8, 4) is 11.5 Å². The second-order valence-corrected chi connectivity index (χ2v) is 10.5. The van der Waals surface area contributed by atoms with Crippen molar-refractivity contribution in [1.82, 2.24) is 5.32 Å². The van der Waals surface area contributed by atoms with Crippen molar-refractivity contribution in [2.24, 2.45) is 0 Å². The highest BCUT2D eigenvalue weighted by Gasteiger charge is 2.25. The van der Waals surface area contributed by atoms with Crippen LogP contribution in [0.3, 0.4) is 0 Å². The smallest absolute Gasteiger partial charge is 0.240 e. The van der Waals surface area contributed by atoms with Crippen molar-refractivity contribution in [2.45, 2.75) is 45.1 Å². The Balaban J connectivity index is 1.36. The van der Waals surface area contributed by atoms with E-state index in [0.29, 0.717) is 22.9 Å². The second kappa shape index (κ2) is 12.0. The molecule has 192 valence electrons. The molecule has 0 spiro atoms. The van der Waals surface area contributed by atoms with Gasteiger partial charge in [0.05, 0.1) is 0 Å². The van der Waals surface area contributed by atoms with Crippen LogP contribution in [-0.4, -0.2) is 52.8 Å². The number of anilines is 2. The summed E-state index contributed by atoms with van der Waals surface area (Å²) in [7, 11) is -1.77. The van der Waals surface area contributed by atoms with Crippen molar-refractivity contribution in [3.05, 3.63) is 48.0 Å². The van der Waals surface area contributed by atoms with Gasteiger partial charge in [0.1, 0.15) is 18.1 Å². The first-order valence-electron chi connectivity index (χ1n) is 12.1. The van der Waals surface area contributed by atoms with Crippen molar-refractivity contribution in [3.63, 3.8) is 0 Å². The molecule has 0 bridgehead atoms. The molecule has 1 aliphatic heterocycles. The summed E-state index contributed by atoms with van der Waals surface area (Å²) in [6, 6.07) is 12.3. The lowest BCUT2D eigenvalue weighted by molar-refractivity contribution is -0.123. The molecule has 0 saturated heterocycles. The number of carbonyl (C=O) groups is 3. The van der Waals surface area contributed by atoms with E-state index in [4.69, 9.17) is 9.47 Å². The van der Waals surface area contributed by atoms with Crippen LogP contribution in [0.15, 0.2) is 42.5 Å². The maximum absolute atomic E-state index is 13.2. The molecule has 36 heavy (non-hydrogen) atoms. The Labute approximate surface area is 213 Å². The number of ether oxygens (including phenoxy) is 2. The molecule has 1 heterocycles. The maximum atomic E-state index is 13.2. The fourth-order valence-corrected chi connectivity index (χ4v) is 5.32. The SMILES string of the molecule is Cc1ccccc1N(CC(=O)NC1CCCCC1)C(=O)C[S@](=O)CC(=O)Nc1ccc2c(c1)OCO2. The van der Waals surface area contributed by atoms with Gasteiger partial charge in [-0.05, 0) is 43.5 Å². The van der Waals surface area contributed by atoms with Gasteiger partial charge >= 0.3 is 0 Å². The van der Waals surface area contributed by atoms with E-state index in [1.165, 1.54) is 11.3 Å². The van der Waals surface area contributed by atoms with Crippen molar-refractivity contribution >= 4 is 39.9 Å². The number of fused-ring (bicyclic) bond motifs is 1. The van der Waals surface area contributed by atoms with Gasteiger partial charge in [-0.25, -0.2) is 0 Å². The van der Waals surface area contributed by atoms with Crippen LogP contribution in [-0.2, 0) is 25.2 Å². The number of rotatable bonds is 9. The molecule has 10 heteroatoms. The average Bonchev–Trinajstić information content (AvgIpc) is 3.31. The minimum absolute atomic E-state index is 0.120. The molecular weight excluding hydrogens is 482 g/mol. The lowest BCUT2D eigenvalue weighted by Gasteiger charge is -2.27. The molecule has 1 fully saturated rings. The molecule has 3 amide bonds. The minimum atomic E-state index is -1.77. The highest BCUT2D eigenvalue weighted by atomic mass is 32.2.